The Morgan fingerprint density at radius 2 is 1.75 bits per heavy atom. The average Bonchev–Trinajstić information content (AvgIpc) is 2.99. The van der Waals surface area contributed by atoms with Crippen molar-refractivity contribution in [2.24, 2.45) is 0 Å². The van der Waals surface area contributed by atoms with Gasteiger partial charge in [0, 0.05) is 36.9 Å². The molecule has 0 radical (unpaired) electrons. The predicted molar refractivity (Wildman–Crippen MR) is 95.8 cm³/mol. The molecule has 1 fully saturated rings. The molecule has 2 heterocycles. The summed E-state index contributed by atoms with van der Waals surface area (Å²) in [6.07, 6.45) is 2.15. The van der Waals surface area contributed by atoms with Gasteiger partial charge in [0.05, 0.1) is 0 Å². The molecule has 2 aliphatic rings. The molecular weight excluding hydrogens is 298 g/mol. The van der Waals surface area contributed by atoms with E-state index in [-0.39, 0.29) is 5.91 Å². The van der Waals surface area contributed by atoms with Crippen LogP contribution in [0.3, 0.4) is 0 Å². The van der Waals surface area contributed by atoms with Crippen LogP contribution in [-0.2, 0) is 4.74 Å². The topological polar surface area (TPSA) is 29.5 Å². The van der Waals surface area contributed by atoms with Crippen LogP contribution < -0.4 is 4.90 Å². The number of benzene rings is 2. The van der Waals surface area contributed by atoms with E-state index in [1.165, 1.54) is 11.1 Å². The number of amides is 1. The molecule has 1 unspecified atom stereocenters. The lowest BCUT2D eigenvalue weighted by molar-refractivity contribution is 0.0853. The minimum Gasteiger partial charge on any atom is -0.381 e. The van der Waals surface area contributed by atoms with Crippen molar-refractivity contribution < 1.29 is 9.53 Å². The fraction of sp³-hybridized carbons (Fsp3) is 0.381. The van der Waals surface area contributed by atoms with E-state index < -0.39 is 0 Å². The third-order valence-electron chi connectivity index (χ3n) is 5.31. The number of carbonyl (C=O) groups excluding carboxylic acids is 1. The van der Waals surface area contributed by atoms with E-state index in [1.807, 2.05) is 35.2 Å². The lowest BCUT2D eigenvalue weighted by Gasteiger charge is -2.23. The number of nitrogens with zero attached hydrogens (tertiary/aromatic N) is 1. The van der Waals surface area contributed by atoms with Crippen molar-refractivity contribution in [3.63, 3.8) is 0 Å². The smallest absolute Gasteiger partial charge is 0.258 e. The van der Waals surface area contributed by atoms with Crippen LogP contribution in [0.15, 0.2) is 48.5 Å². The highest BCUT2D eigenvalue weighted by atomic mass is 16.5. The molecule has 124 valence electrons. The lowest BCUT2D eigenvalue weighted by atomic mass is 9.91. The number of hydrogen-bond donors (Lipinski definition) is 0. The summed E-state index contributed by atoms with van der Waals surface area (Å²) in [4.78, 5) is 14.9. The van der Waals surface area contributed by atoms with Crippen LogP contribution in [0.1, 0.15) is 53.1 Å². The Hall–Kier alpha value is -2.13. The van der Waals surface area contributed by atoms with Gasteiger partial charge in [0.1, 0.15) is 0 Å². The van der Waals surface area contributed by atoms with E-state index in [1.54, 1.807) is 0 Å². The SMILES string of the molecule is CC1CN(C(=O)c2ccc(C3CCOCC3)cc2)c2ccccc21. The Kier molecular flexibility index (Phi) is 4.11. The highest BCUT2D eigenvalue weighted by molar-refractivity contribution is 6.07. The zero-order valence-corrected chi connectivity index (χ0v) is 14.1. The second-order valence-corrected chi connectivity index (χ2v) is 6.88. The molecule has 3 heteroatoms. The summed E-state index contributed by atoms with van der Waals surface area (Å²) in [5.74, 6) is 1.06. The van der Waals surface area contributed by atoms with Crippen molar-refractivity contribution in [1.29, 1.82) is 0 Å². The molecule has 3 nitrogen and oxygen atoms in total. The zero-order valence-electron chi connectivity index (χ0n) is 14.1. The molecule has 1 amide bonds. The first kappa shape index (κ1) is 15.4. The van der Waals surface area contributed by atoms with Gasteiger partial charge in [0.15, 0.2) is 0 Å². The Morgan fingerprint density at radius 3 is 2.50 bits per heavy atom. The first-order valence-corrected chi connectivity index (χ1v) is 8.82. The van der Waals surface area contributed by atoms with E-state index in [0.29, 0.717) is 11.8 Å². The molecule has 2 aromatic rings. The number of anilines is 1. The van der Waals surface area contributed by atoms with Gasteiger partial charge in [0.25, 0.3) is 5.91 Å². The minimum absolute atomic E-state index is 0.102. The number of para-hydroxylation sites is 1. The third-order valence-corrected chi connectivity index (χ3v) is 5.31. The van der Waals surface area contributed by atoms with E-state index >= 15 is 0 Å². The van der Waals surface area contributed by atoms with Crippen molar-refractivity contribution >= 4 is 11.6 Å². The molecule has 0 bridgehead atoms. The van der Waals surface area contributed by atoms with E-state index in [4.69, 9.17) is 4.74 Å². The number of ether oxygens (including phenoxy) is 1. The number of carbonyl (C=O) groups is 1. The third kappa shape index (κ3) is 2.73. The van der Waals surface area contributed by atoms with E-state index in [0.717, 1.165) is 43.9 Å². The first-order chi connectivity index (χ1) is 11.7. The fourth-order valence-corrected chi connectivity index (χ4v) is 3.90. The van der Waals surface area contributed by atoms with E-state index in [9.17, 15) is 4.79 Å². The highest BCUT2D eigenvalue weighted by Crippen LogP contribution is 2.36. The maximum absolute atomic E-state index is 12.9. The Bertz CT molecular complexity index is 732. The monoisotopic (exact) mass is 321 g/mol. The van der Waals surface area contributed by atoms with Crippen molar-refractivity contribution in [2.45, 2.75) is 31.6 Å². The standard InChI is InChI=1S/C21H23NO2/c1-15-14-22(20-5-3-2-4-19(15)20)21(23)18-8-6-16(7-9-18)17-10-12-24-13-11-17/h2-9,15,17H,10-14H2,1H3. The Balaban J connectivity index is 1.55. The van der Waals surface area contributed by atoms with Gasteiger partial charge in [-0.05, 0) is 48.1 Å². The summed E-state index contributed by atoms with van der Waals surface area (Å²) in [5.41, 5.74) is 4.42. The van der Waals surface area contributed by atoms with Gasteiger partial charge >= 0.3 is 0 Å². The summed E-state index contributed by atoms with van der Waals surface area (Å²) < 4.78 is 5.43. The molecule has 0 N–H and O–H groups in total. The second-order valence-electron chi connectivity index (χ2n) is 6.88. The van der Waals surface area contributed by atoms with Crippen LogP contribution in [0.25, 0.3) is 0 Å². The number of rotatable bonds is 2. The van der Waals surface area contributed by atoms with Crippen molar-refractivity contribution in [1.82, 2.24) is 0 Å². The van der Waals surface area contributed by atoms with Crippen molar-refractivity contribution in [2.75, 3.05) is 24.7 Å². The van der Waals surface area contributed by atoms with Crippen LogP contribution in [0.5, 0.6) is 0 Å². The molecule has 4 rings (SSSR count). The van der Waals surface area contributed by atoms with Crippen LogP contribution in [0.2, 0.25) is 0 Å². The summed E-state index contributed by atoms with van der Waals surface area (Å²) in [6.45, 7) is 4.63. The summed E-state index contributed by atoms with van der Waals surface area (Å²) in [7, 11) is 0. The van der Waals surface area contributed by atoms with Crippen LogP contribution >= 0.6 is 0 Å². The second kappa shape index (κ2) is 6.40. The molecular formula is C21H23NO2. The molecule has 0 aliphatic carbocycles. The summed E-state index contributed by atoms with van der Waals surface area (Å²) in [5, 5.41) is 0. The quantitative estimate of drug-likeness (QED) is 0.823. The van der Waals surface area contributed by atoms with Gasteiger partial charge in [-0.3, -0.25) is 4.79 Å². The van der Waals surface area contributed by atoms with Gasteiger partial charge in [0.2, 0.25) is 0 Å². The molecule has 1 atom stereocenters. The van der Waals surface area contributed by atoms with Gasteiger partial charge in [-0.15, -0.1) is 0 Å². The first-order valence-electron chi connectivity index (χ1n) is 8.82. The highest BCUT2D eigenvalue weighted by Gasteiger charge is 2.30. The summed E-state index contributed by atoms with van der Waals surface area (Å²) in [6, 6.07) is 16.4. The summed E-state index contributed by atoms with van der Waals surface area (Å²) >= 11 is 0. The Labute approximate surface area is 143 Å². The molecule has 0 saturated carbocycles. The molecule has 0 spiro atoms. The predicted octanol–water partition coefficient (Wildman–Crippen LogP) is 4.34. The maximum atomic E-state index is 12.9. The van der Waals surface area contributed by atoms with Crippen molar-refractivity contribution in [3.8, 4) is 0 Å². The van der Waals surface area contributed by atoms with Gasteiger partial charge in [-0.2, -0.15) is 0 Å². The molecule has 0 aromatic heterocycles. The van der Waals surface area contributed by atoms with Crippen LogP contribution in [-0.4, -0.2) is 25.7 Å². The largest absolute Gasteiger partial charge is 0.381 e. The number of hydrogen-bond acceptors (Lipinski definition) is 2. The van der Waals surface area contributed by atoms with Crippen LogP contribution in [0, 0.1) is 0 Å². The van der Waals surface area contributed by atoms with Crippen molar-refractivity contribution in [3.05, 3.63) is 65.2 Å². The minimum atomic E-state index is 0.102. The lowest BCUT2D eigenvalue weighted by Crippen LogP contribution is -2.29. The Morgan fingerprint density at radius 1 is 1.04 bits per heavy atom. The molecule has 24 heavy (non-hydrogen) atoms. The zero-order chi connectivity index (χ0) is 16.5. The normalized spacial score (nSPS) is 20.9. The van der Waals surface area contributed by atoms with Gasteiger partial charge in [-0.25, -0.2) is 0 Å². The van der Waals surface area contributed by atoms with Gasteiger partial charge in [-0.1, -0.05) is 37.3 Å². The molecule has 1 saturated heterocycles. The molecule has 2 aliphatic heterocycles. The van der Waals surface area contributed by atoms with Gasteiger partial charge < -0.3 is 9.64 Å². The average molecular weight is 321 g/mol. The fourth-order valence-electron chi connectivity index (χ4n) is 3.90. The van der Waals surface area contributed by atoms with Crippen LogP contribution in [0.4, 0.5) is 5.69 Å². The van der Waals surface area contributed by atoms with E-state index in [2.05, 4.69) is 25.1 Å². The number of fused-ring (bicyclic) bond motifs is 1. The molecule has 2 aromatic carbocycles. The maximum Gasteiger partial charge on any atom is 0.258 e.